The molecule has 1 atom stereocenters. The van der Waals surface area contributed by atoms with Gasteiger partial charge in [-0.05, 0) is 34.5 Å². The predicted molar refractivity (Wildman–Crippen MR) is 58.3 cm³/mol. The first-order valence-corrected chi connectivity index (χ1v) is 5.02. The summed E-state index contributed by atoms with van der Waals surface area (Å²) in [6.07, 6.45) is 0. The Bertz CT molecular complexity index is 315. The molecular formula is C9H11BrClNO. The number of rotatable bonds is 2. The molecule has 0 spiro atoms. The second-order valence-electron chi connectivity index (χ2n) is 2.80. The van der Waals surface area contributed by atoms with Gasteiger partial charge < -0.3 is 10.5 Å². The molecule has 0 bridgehead atoms. The molecule has 0 aliphatic heterocycles. The Morgan fingerprint density at radius 3 is 2.62 bits per heavy atom. The Balaban J connectivity index is 3.20. The maximum absolute atomic E-state index is 5.99. The molecule has 0 aliphatic rings. The van der Waals surface area contributed by atoms with Crippen LogP contribution in [0.2, 0.25) is 5.02 Å². The fourth-order valence-corrected chi connectivity index (χ4v) is 1.90. The summed E-state index contributed by atoms with van der Waals surface area (Å²) in [5.74, 6) is 0.717. The lowest BCUT2D eigenvalue weighted by molar-refractivity contribution is 0.412. The van der Waals surface area contributed by atoms with Crippen molar-refractivity contribution in [3.05, 3.63) is 27.2 Å². The summed E-state index contributed by atoms with van der Waals surface area (Å²) < 4.78 is 5.96. The minimum absolute atomic E-state index is 0.0743. The predicted octanol–water partition coefficient (Wildman–Crippen LogP) is 3.13. The first kappa shape index (κ1) is 10.8. The van der Waals surface area contributed by atoms with E-state index in [0.717, 1.165) is 15.8 Å². The van der Waals surface area contributed by atoms with Crippen LogP contribution in [0.4, 0.5) is 0 Å². The van der Waals surface area contributed by atoms with Crippen molar-refractivity contribution in [2.45, 2.75) is 13.0 Å². The van der Waals surface area contributed by atoms with Gasteiger partial charge in [-0.1, -0.05) is 11.6 Å². The van der Waals surface area contributed by atoms with E-state index in [9.17, 15) is 0 Å². The average Bonchev–Trinajstić information content (AvgIpc) is 2.07. The van der Waals surface area contributed by atoms with Crippen LogP contribution in [0.15, 0.2) is 16.6 Å². The monoisotopic (exact) mass is 263 g/mol. The maximum Gasteiger partial charge on any atom is 0.134 e. The Hall–Kier alpha value is -0.250. The summed E-state index contributed by atoms with van der Waals surface area (Å²) in [7, 11) is 1.60. The summed E-state index contributed by atoms with van der Waals surface area (Å²) in [5, 5.41) is 0.634. The highest BCUT2D eigenvalue weighted by Crippen LogP contribution is 2.33. The van der Waals surface area contributed by atoms with E-state index in [0.29, 0.717) is 5.02 Å². The van der Waals surface area contributed by atoms with Crippen LogP contribution in [0, 0.1) is 0 Å². The van der Waals surface area contributed by atoms with E-state index >= 15 is 0 Å². The highest BCUT2D eigenvalue weighted by atomic mass is 79.9. The van der Waals surface area contributed by atoms with E-state index in [-0.39, 0.29) is 6.04 Å². The van der Waals surface area contributed by atoms with Crippen LogP contribution in [-0.2, 0) is 0 Å². The molecule has 1 aromatic carbocycles. The SMILES string of the molecule is COc1cc(Cl)c(C(C)N)cc1Br. The Kier molecular flexibility index (Phi) is 3.59. The molecule has 72 valence electrons. The number of ether oxygens (including phenoxy) is 1. The fourth-order valence-electron chi connectivity index (χ4n) is 1.05. The number of hydrogen-bond donors (Lipinski definition) is 1. The molecule has 0 radical (unpaired) electrons. The number of benzene rings is 1. The van der Waals surface area contributed by atoms with Crippen molar-refractivity contribution < 1.29 is 4.74 Å². The minimum Gasteiger partial charge on any atom is -0.496 e. The van der Waals surface area contributed by atoms with Gasteiger partial charge in [0.1, 0.15) is 5.75 Å². The summed E-state index contributed by atoms with van der Waals surface area (Å²) in [6, 6.07) is 3.56. The third kappa shape index (κ3) is 2.36. The lowest BCUT2D eigenvalue weighted by Crippen LogP contribution is -2.05. The summed E-state index contributed by atoms with van der Waals surface area (Å²) >= 11 is 9.36. The first-order chi connectivity index (χ1) is 6.06. The topological polar surface area (TPSA) is 35.2 Å². The lowest BCUT2D eigenvalue weighted by atomic mass is 10.1. The summed E-state index contributed by atoms with van der Waals surface area (Å²) in [6.45, 7) is 1.89. The van der Waals surface area contributed by atoms with Gasteiger partial charge in [-0.2, -0.15) is 0 Å². The zero-order chi connectivity index (χ0) is 10.0. The van der Waals surface area contributed by atoms with Crippen LogP contribution in [0.5, 0.6) is 5.75 Å². The molecule has 2 N–H and O–H groups in total. The van der Waals surface area contributed by atoms with Gasteiger partial charge in [0.2, 0.25) is 0 Å². The maximum atomic E-state index is 5.99. The molecule has 2 nitrogen and oxygen atoms in total. The Labute approximate surface area is 91.2 Å². The van der Waals surface area contributed by atoms with Gasteiger partial charge in [0.05, 0.1) is 11.6 Å². The zero-order valence-corrected chi connectivity index (χ0v) is 9.82. The second-order valence-corrected chi connectivity index (χ2v) is 4.06. The molecular weight excluding hydrogens is 253 g/mol. The van der Waals surface area contributed by atoms with Gasteiger partial charge in [0, 0.05) is 17.1 Å². The van der Waals surface area contributed by atoms with Crippen molar-refractivity contribution >= 4 is 27.5 Å². The van der Waals surface area contributed by atoms with Crippen molar-refractivity contribution in [1.82, 2.24) is 0 Å². The molecule has 0 aromatic heterocycles. The molecule has 0 heterocycles. The largest absolute Gasteiger partial charge is 0.496 e. The van der Waals surface area contributed by atoms with E-state index in [1.54, 1.807) is 13.2 Å². The van der Waals surface area contributed by atoms with Gasteiger partial charge in [-0.15, -0.1) is 0 Å². The van der Waals surface area contributed by atoms with E-state index in [4.69, 9.17) is 22.1 Å². The van der Waals surface area contributed by atoms with E-state index in [1.165, 1.54) is 0 Å². The highest BCUT2D eigenvalue weighted by molar-refractivity contribution is 9.10. The van der Waals surface area contributed by atoms with E-state index in [2.05, 4.69) is 15.9 Å². The molecule has 1 rings (SSSR count). The van der Waals surface area contributed by atoms with Gasteiger partial charge in [-0.25, -0.2) is 0 Å². The summed E-state index contributed by atoms with van der Waals surface area (Å²) in [4.78, 5) is 0. The van der Waals surface area contributed by atoms with Crippen molar-refractivity contribution in [2.75, 3.05) is 7.11 Å². The second kappa shape index (κ2) is 4.31. The average molecular weight is 265 g/mol. The molecule has 1 aromatic rings. The molecule has 0 fully saturated rings. The van der Waals surface area contributed by atoms with E-state index in [1.807, 2.05) is 13.0 Å². The third-order valence-electron chi connectivity index (χ3n) is 1.76. The molecule has 0 amide bonds. The van der Waals surface area contributed by atoms with Crippen molar-refractivity contribution in [3.63, 3.8) is 0 Å². The van der Waals surface area contributed by atoms with Crippen LogP contribution in [0.3, 0.4) is 0 Å². The van der Waals surface area contributed by atoms with Gasteiger partial charge >= 0.3 is 0 Å². The van der Waals surface area contributed by atoms with E-state index < -0.39 is 0 Å². The van der Waals surface area contributed by atoms with Crippen molar-refractivity contribution in [1.29, 1.82) is 0 Å². The number of halogens is 2. The summed E-state index contributed by atoms with van der Waals surface area (Å²) in [5.41, 5.74) is 6.64. The van der Waals surface area contributed by atoms with Gasteiger partial charge in [0.15, 0.2) is 0 Å². The molecule has 4 heteroatoms. The molecule has 1 unspecified atom stereocenters. The number of nitrogens with two attached hydrogens (primary N) is 1. The van der Waals surface area contributed by atoms with Crippen molar-refractivity contribution in [3.8, 4) is 5.75 Å². The molecule has 0 saturated heterocycles. The van der Waals surface area contributed by atoms with Gasteiger partial charge in [0.25, 0.3) is 0 Å². The minimum atomic E-state index is -0.0743. The standard InChI is InChI=1S/C9H11BrClNO/c1-5(12)6-3-7(10)9(13-2)4-8(6)11/h3-5H,12H2,1-2H3. The molecule has 0 saturated carbocycles. The highest BCUT2D eigenvalue weighted by Gasteiger charge is 2.09. The number of hydrogen-bond acceptors (Lipinski definition) is 2. The first-order valence-electron chi connectivity index (χ1n) is 3.84. The number of methoxy groups -OCH3 is 1. The van der Waals surface area contributed by atoms with Crippen LogP contribution < -0.4 is 10.5 Å². The van der Waals surface area contributed by atoms with Crippen LogP contribution in [-0.4, -0.2) is 7.11 Å². The zero-order valence-electron chi connectivity index (χ0n) is 7.47. The van der Waals surface area contributed by atoms with Crippen LogP contribution in [0.1, 0.15) is 18.5 Å². The lowest BCUT2D eigenvalue weighted by Gasteiger charge is -2.11. The molecule has 13 heavy (non-hydrogen) atoms. The quantitative estimate of drug-likeness (QED) is 0.891. The van der Waals surface area contributed by atoms with Gasteiger partial charge in [-0.3, -0.25) is 0 Å². The smallest absolute Gasteiger partial charge is 0.134 e. The van der Waals surface area contributed by atoms with Crippen LogP contribution >= 0.6 is 27.5 Å². The van der Waals surface area contributed by atoms with Crippen molar-refractivity contribution in [2.24, 2.45) is 5.73 Å². The fraction of sp³-hybridized carbons (Fsp3) is 0.333. The Morgan fingerprint density at radius 2 is 2.15 bits per heavy atom. The third-order valence-corrected chi connectivity index (χ3v) is 2.71. The van der Waals surface area contributed by atoms with Crippen LogP contribution in [0.25, 0.3) is 0 Å². The Morgan fingerprint density at radius 1 is 1.54 bits per heavy atom. The normalized spacial score (nSPS) is 12.7. The molecule has 0 aliphatic carbocycles.